The standard InChI is InChI=1S/C16H13N.2C16H12N.C5H8O2.CH4.2Ir/c3*1-12-11-17-16(13-7-3-2-4-8-13)15-10-6-5-9-14(12)15;1-4(6)3-5(2)7;;;/h2-11H,1H3;2*2-7,9-11H,1H3;3,6H,1-2H3;1H4;;/q;2*-1;;;;. The van der Waals surface area contributed by atoms with Gasteiger partial charge in [0.05, 0.1) is 11.5 Å². The van der Waals surface area contributed by atoms with Crippen LogP contribution in [0.1, 0.15) is 38.0 Å². The zero-order valence-electron chi connectivity index (χ0n) is 34.1. The van der Waals surface area contributed by atoms with Crippen LogP contribution < -0.4 is 0 Å². The van der Waals surface area contributed by atoms with Crippen molar-refractivity contribution in [3.05, 3.63) is 211 Å². The Morgan fingerprint density at radius 2 is 0.803 bits per heavy atom. The van der Waals surface area contributed by atoms with Crippen molar-refractivity contribution in [3.8, 4) is 33.8 Å². The molecule has 9 aromatic rings. The summed E-state index contributed by atoms with van der Waals surface area (Å²) in [5, 5.41) is 15.8. The number of hydrogen-bond donors (Lipinski definition) is 1. The van der Waals surface area contributed by atoms with Gasteiger partial charge in [0.15, 0.2) is 5.78 Å². The number of carbonyl (C=O) groups is 1. The molecule has 6 aromatic carbocycles. The number of aryl methyl sites for hydroxylation is 3. The molecule has 0 bridgehead atoms. The van der Waals surface area contributed by atoms with Gasteiger partial charge in [0.2, 0.25) is 0 Å². The summed E-state index contributed by atoms with van der Waals surface area (Å²) >= 11 is 0. The number of nitrogens with zero attached hydrogens (tertiary/aromatic N) is 3. The summed E-state index contributed by atoms with van der Waals surface area (Å²) in [5.41, 5.74) is 9.97. The Kier molecular flexibility index (Phi) is 19.7. The summed E-state index contributed by atoms with van der Waals surface area (Å²) in [4.78, 5) is 23.7. The average molecular weight is 1160 g/mol. The fourth-order valence-corrected chi connectivity index (χ4v) is 6.63. The van der Waals surface area contributed by atoms with Crippen molar-refractivity contribution >= 4 is 38.1 Å². The Morgan fingerprint density at radius 1 is 0.475 bits per heavy atom. The minimum absolute atomic E-state index is 0. The Labute approximate surface area is 387 Å². The third-order valence-electron chi connectivity index (χ3n) is 9.37. The molecule has 312 valence electrons. The fraction of sp³-hybridized carbons (Fsp3) is 0.111. The van der Waals surface area contributed by atoms with Gasteiger partial charge in [-0.05, 0) is 89.6 Å². The zero-order chi connectivity index (χ0) is 40.9. The van der Waals surface area contributed by atoms with Gasteiger partial charge < -0.3 is 15.1 Å². The van der Waals surface area contributed by atoms with Gasteiger partial charge in [0, 0.05) is 75.8 Å². The number of rotatable bonds is 4. The number of ketones is 1. The predicted octanol–water partition coefficient (Wildman–Crippen LogP) is 13.9. The van der Waals surface area contributed by atoms with Crippen LogP contribution in [0.4, 0.5) is 0 Å². The molecule has 3 heterocycles. The molecule has 5 nitrogen and oxygen atoms in total. The van der Waals surface area contributed by atoms with Crippen LogP contribution in [0, 0.1) is 32.9 Å². The number of aliphatic hydroxyl groups excluding tert-OH is 1. The Morgan fingerprint density at radius 3 is 1.13 bits per heavy atom. The molecule has 7 heteroatoms. The molecular formula is C54H49Ir2N3O2-2. The van der Waals surface area contributed by atoms with E-state index in [1.165, 1.54) is 74.5 Å². The number of allylic oxidation sites excluding steroid dienone is 2. The first-order valence-electron chi connectivity index (χ1n) is 19.1. The molecule has 0 aliphatic heterocycles. The number of aromatic nitrogens is 3. The second-order valence-corrected chi connectivity index (χ2v) is 13.8. The number of carbonyl (C=O) groups excluding carboxylic acids is 1. The van der Waals surface area contributed by atoms with Crippen molar-refractivity contribution in [2.45, 2.75) is 42.0 Å². The zero-order valence-corrected chi connectivity index (χ0v) is 38.9. The molecule has 0 unspecified atom stereocenters. The molecule has 61 heavy (non-hydrogen) atoms. The van der Waals surface area contributed by atoms with Crippen molar-refractivity contribution in [3.63, 3.8) is 0 Å². The van der Waals surface area contributed by atoms with Gasteiger partial charge in [-0.1, -0.05) is 111 Å². The number of benzene rings is 6. The van der Waals surface area contributed by atoms with Crippen molar-refractivity contribution < 1.29 is 50.1 Å². The summed E-state index contributed by atoms with van der Waals surface area (Å²) in [6.07, 6.45) is 6.97. The first-order valence-corrected chi connectivity index (χ1v) is 19.1. The minimum Gasteiger partial charge on any atom is -0.512 e. The topological polar surface area (TPSA) is 76.0 Å². The van der Waals surface area contributed by atoms with Crippen LogP contribution in [0.5, 0.6) is 0 Å². The van der Waals surface area contributed by atoms with E-state index in [0.29, 0.717) is 0 Å². The van der Waals surface area contributed by atoms with E-state index in [2.05, 4.69) is 133 Å². The molecule has 2 radical (unpaired) electrons. The van der Waals surface area contributed by atoms with Crippen molar-refractivity contribution in [2.75, 3.05) is 0 Å². The summed E-state index contributed by atoms with van der Waals surface area (Å²) in [7, 11) is 0. The molecule has 1 N–H and O–H groups in total. The molecular weight excluding hydrogens is 1110 g/mol. The molecule has 0 fully saturated rings. The van der Waals surface area contributed by atoms with Gasteiger partial charge in [0.25, 0.3) is 0 Å². The van der Waals surface area contributed by atoms with Gasteiger partial charge in [-0.3, -0.25) is 9.78 Å². The maximum Gasteiger partial charge on any atom is 0.155 e. The van der Waals surface area contributed by atoms with Crippen LogP contribution in [0.3, 0.4) is 0 Å². The number of aliphatic hydroxyl groups is 1. The average Bonchev–Trinajstić information content (AvgIpc) is 3.26. The van der Waals surface area contributed by atoms with Crippen molar-refractivity contribution in [1.82, 2.24) is 15.0 Å². The summed E-state index contributed by atoms with van der Waals surface area (Å²) in [6, 6.07) is 57.9. The molecule has 0 spiro atoms. The normalized spacial score (nSPS) is 10.2. The fourth-order valence-electron chi connectivity index (χ4n) is 6.63. The molecule has 9 rings (SSSR count). The number of pyridine rings is 3. The van der Waals surface area contributed by atoms with Gasteiger partial charge in [-0.2, -0.15) is 0 Å². The number of fused-ring (bicyclic) bond motifs is 3. The molecule has 0 amide bonds. The Hall–Kier alpha value is -5.94. The SMILES string of the molecule is C.CC(=O)C=C(C)O.Cc1cnc(-c2[c-]cccc2)c2ccccc12.Cc1cnc(-c2[c-]cccc2)c2ccccc12.Cc1cnc(-c2ccccc2)c2ccccc12.[Ir].[Ir]. The van der Waals surface area contributed by atoms with E-state index in [4.69, 9.17) is 5.11 Å². The van der Waals surface area contributed by atoms with E-state index in [0.717, 1.165) is 28.2 Å². The maximum absolute atomic E-state index is 10.0. The van der Waals surface area contributed by atoms with Crippen LogP contribution in [0.25, 0.3) is 66.1 Å². The second-order valence-electron chi connectivity index (χ2n) is 13.8. The van der Waals surface area contributed by atoms with Gasteiger partial charge in [-0.25, -0.2) is 0 Å². The van der Waals surface area contributed by atoms with Crippen molar-refractivity contribution in [1.29, 1.82) is 0 Å². The summed E-state index contributed by atoms with van der Waals surface area (Å²) in [6.45, 7) is 9.13. The smallest absolute Gasteiger partial charge is 0.155 e. The summed E-state index contributed by atoms with van der Waals surface area (Å²) < 4.78 is 0. The van der Waals surface area contributed by atoms with E-state index < -0.39 is 0 Å². The first-order chi connectivity index (χ1) is 28.2. The largest absolute Gasteiger partial charge is 0.512 e. The van der Waals surface area contributed by atoms with E-state index >= 15 is 0 Å². The predicted molar refractivity (Wildman–Crippen MR) is 247 cm³/mol. The first kappa shape index (κ1) is 49.4. The Balaban J connectivity index is 0.000000222. The number of hydrogen-bond acceptors (Lipinski definition) is 5. The third kappa shape index (κ3) is 13.0. The van der Waals surface area contributed by atoms with E-state index in [-0.39, 0.29) is 59.2 Å². The molecule has 0 aliphatic carbocycles. The van der Waals surface area contributed by atoms with Crippen LogP contribution in [-0.2, 0) is 45.0 Å². The van der Waals surface area contributed by atoms with E-state index in [9.17, 15) is 4.79 Å². The molecule has 0 saturated heterocycles. The van der Waals surface area contributed by atoms with Gasteiger partial charge in [0.1, 0.15) is 0 Å². The van der Waals surface area contributed by atoms with E-state index in [1.54, 1.807) is 0 Å². The van der Waals surface area contributed by atoms with Crippen molar-refractivity contribution in [2.24, 2.45) is 0 Å². The molecule has 0 atom stereocenters. The quantitative estimate of drug-likeness (QED) is 0.108. The second kappa shape index (κ2) is 24.3. The molecule has 0 saturated carbocycles. The van der Waals surface area contributed by atoms with E-state index in [1.807, 2.05) is 85.3 Å². The van der Waals surface area contributed by atoms with Crippen LogP contribution in [0.15, 0.2) is 182 Å². The Bertz CT molecular complexity index is 2520. The van der Waals surface area contributed by atoms with Crippen LogP contribution in [-0.4, -0.2) is 25.8 Å². The van der Waals surface area contributed by atoms with Gasteiger partial charge >= 0.3 is 0 Å². The maximum atomic E-state index is 10.0. The van der Waals surface area contributed by atoms with Crippen LogP contribution >= 0.6 is 0 Å². The third-order valence-corrected chi connectivity index (χ3v) is 9.37. The van der Waals surface area contributed by atoms with Gasteiger partial charge in [-0.15, -0.1) is 71.8 Å². The summed E-state index contributed by atoms with van der Waals surface area (Å²) in [5.74, 6) is -0.0625. The molecule has 0 aliphatic rings. The monoisotopic (exact) mass is 1160 g/mol. The minimum atomic E-state index is -0.125. The molecule has 3 aromatic heterocycles. The van der Waals surface area contributed by atoms with Crippen LogP contribution in [0.2, 0.25) is 0 Å².